The Morgan fingerprint density at radius 3 is 2.73 bits per heavy atom. The summed E-state index contributed by atoms with van der Waals surface area (Å²) in [7, 11) is 0. The van der Waals surface area contributed by atoms with Crippen molar-refractivity contribution in [3.63, 3.8) is 0 Å². The zero-order chi connectivity index (χ0) is 23.2. The van der Waals surface area contributed by atoms with E-state index >= 15 is 0 Å². The summed E-state index contributed by atoms with van der Waals surface area (Å²) in [6.45, 7) is 1.69. The highest BCUT2D eigenvalue weighted by molar-refractivity contribution is 7.20. The number of H-pyrrole nitrogens is 1. The lowest BCUT2D eigenvalue weighted by Gasteiger charge is -2.08. The molecular formula is C23H18F3N5OS. The minimum atomic E-state index is -4.75. The molecular weight excluding hydrogens is 451 g/mol. The quantitative estimate of drug-likeness (QED) is 0.392. The number of rotatable bonds is 5. The minimum Gasteiger partial charge on any atom is -0.289 e. The standard InChI is InChI=1S/C23H18F3N5OS/c1-13(27-11-10-14-12-28-16-7-3-2-6-15(14)16)19-20(23(24,25)26)30-31(21(19)32)22-29-17-8-4-5-9-18(17)33-22/h2-9,12,14,30H,10-11H2,1H3/t14-/m1/s1. The number of para-hydroxylation sites is 2. The van der Waals surface area contributed by atoms with E-state index in [1.807, 2.05) is 30.5 Å². The number of nitrogens with one attached hydrogen (secondary N) is 1. The Morgan fingerprint density at radius 1 is 1.18 bits per heavy atom. The Balaban J connectivity index is 1.46. The van der Waals surface area contributed by atoms with Crippen LogP contribution in [0.3, 0.4) is 0 Å². The minimum absolute atomic E-state index is 0.0339. The van der Waals surface area contributed by atoms with E-state index in [0.717, 1.165) is 32.0 Å². The number of fused-ring (bicyclic) bond motifs is 2. The van der Waals surface area contributed by atoms with E-state index in [1.165, 1.54) is 6.92 Å². The van der Waals surface area contributed by atoms with Crippen LogP contribution < -0.4 is 5.56 Å². The molecule has 0 saturated carbocycles. The van der Waals surface area contributed by atoms with Crippen LogP contribution in [0, 0.1) is 0 Å². The average Bonchev–Trinajstić information content (AvgIpc) is 3.48. The number of benzene rings is 2. The predicted octanol–water partition coefficient (Wildman–Crippen LogP) is 5.49. The number of thiazole rings is 1. The third kappa shape index (κ3) is 3.91. The highest BCUT2D eigenvalue weighted by atomic mass is 32.1. The third-order valence-electron chi connectivity index (χ3n) is 5.53. The largest absolute Gasteiger partial charge is 0.433 e. The van der Waals surface area contributed by atoms with Crippen LogP contribution in [-0.2, 0) is 6.18 Å². The average molecular weight is 469 g/mol. The molecule has 3 heterocycles. The zero-order valence-electron chi connectivity index (χ0n) is 17.4. The van der Waals surface area contributed by atoms with Gasteiger partial charge in [-0.3, -0.25) is 19.9 Å². The first-order valence-electron chi connectivity index (χ1n) is 10.3. The summed E-state index contributed by atoms with van der Waals surface area (Å²) in [5.74, 6) is 0.0467. The van der Waals surface area contributed by atoms with Crippen LogP contribution in [0.15, 0.2) is 63.3 Å². The molecule has 0 fully saturated rings. The molecule has 33 heavy (non-hydrogen) atoms. The second kappa shape index (κ2) is 8.11. The molecule has 4 aromatic rings. The molecule has 0 amide bonds. The summed E-state index contributed by atoms with van der Waals surface area (Å²) in [5, 5.41) is 2.36. The Labute approximate surface area is 190 Å². The van der Waals surface area contributed by atoms with Gasteiger partial charge in [-0.25, -0.2) is 4.98 Å². The second-order valence-corrected chi connectivity index (χ2v) is 8.67. The van der Waals surface area contributed by atoms with Gasteiger partial charge in [-0.05, 0) is 37.1 Å². The predicted molar refractivity (Wildman–Crippen MR) is 124 cm³/mol. The lowest BCUT2D eigenvalue weighted by molar-refractivity contribution is -0.141. The first-order valence-corrected chi connectivity index (χ1v) is 11.1. The van der Waals surface area contributed by atoms with Gasteiger partial charge in [0.1, 0.15) is 0 Å². The van der Waals surface area contributed by atoms with E-state index in [1.54, 1.807) is 24.3 Å². The van der Waals surface area contributed by atoms with Gasteiger partial charge in [0.15, 0.2) is 5.69 Å². The van der Waals surface area contributed by atoms with Crippen LogP contribution in [0.25, 0.3) is 15.3 Å². The van der Waals surface area contributed by atoms with E-state index in [2.05, 4.69) is 20.1 Å². The van der Waals surface area contributed by atoms with E-state index in [4.69, 9.17) is 0 Å². The number of alkyl halides is 3. The highest BCUT2D eigenvalue weighted by Gasteiger charge is 2.39. The summed E-state index contributed by atoms with van der Waals surface area (Å²) in [6.07, 6.45) is -2.34. The number of hydrogen-bond donors (Lipinski definition) is 1. The van der Waals surface area contributed by atoms with Crippen molar-refractivity contribution in [2.45, 2.75) is 25.4 Å². The Kier molecular flexibility index (Phi) is 5.24. The summed E-state index contributed by atoms with van der Waals surface area (Å²) in [4.78, 5) is 26.0. The molecule has 0 aliphatic carbocycles. The molecule has 0 saturated heterocycles. The maximum atomic E-state index is 13.8. The lowest BCUT2D eigenvalue weighted by atomic mass is 9.98. The van der Waals surface area contributed by atoms with Gasteiger partial charge < -0.3 is 0 Å². The normalized spacial score (nSPS) is 16.0. The summed E-state index contributed by atoms with van der Waals surface area (Å²) in [6, 6.07) is 14.9. The Hall–Kier alpha value is -3.53. The summed E-state index contributed by atoms with van der Waals surface area (Å²) < 4.78 is 43.0. The number of nitrogens with zero attached hydrogens (tertiary/aromatic N) is 4. The maximum Gasteiger partial charge on any atom is 0.433 e. The molecule has 2 aromatic carbocycles. The molecule has 168 valence electrons. The number of aromatic amines is 1. The van der Waals surface area contributed by atoms with Gasteiger partial charge in [-0.2, -0.15) is 17.9 Å². The van der Waals surface area contributed by atoms with Crippen molar-refractivity contribution < 1.29 is 13.2 Å². The van der Waals surface area contributed by atoms with Gasteiger partial charge in [-0.15, -0.1) is 0 Å². The molecule has 1 aliphatic rings. The Bertz CT molecular complexity index is 1430. The number of aliphatic imine (C=N–C) groups is 2. The fourth-order valence-corrected chi connectivity index (χ4v) is 4.84. The van der Waals surface area contributed by atoms with Crippen molar-refractivity contribution >= 4 is 39.2 Å². The van der Waals surface area contributed by atoms with Crippen molar-refractivity contribution in [1.82, 2.24) is 14.8 Å². The van der Waals surface area contributed by atoms with Crippen molar-refractivity contribution in [1.29, 1.82) is 0 Å². The van der Waals surface area contributed by atoms with Crippen molar-refractivity contribution in [2.75, 3.05) is 6.54 Å². The first kappa shape index (κ1) is 21.3. The van der Waals surface area contributed by atoms with E-state index in [-0.39, 0.29) is 23.3 Å². The molecule has 5 rings (SSSR count). The maximum absolute atomic E-state index is 13.8. The van der Waals surface area contributed by atoms with E-state index < -0.39 is 23.0 Å². The molecule has 10 heteroatoms. The van der Waals surface area contributed by atoms with Crippen molar-refractivity contribution in [2.24, 2.45) is 9.98 Å². The molecule has 0 unspecified atom stereocenters. The van der Waals surface area contributed by atoms with Crippen molar-refractivity contribution in [3.8, 4) is 5.13 Å². The van der Waals surface area contributed by atoms with Gasteiger partial charge in [0.05, 0.1) is 21.5 Å². The zero-order valence-corrected chi connectivity index (χ0v) is 18.2. The van der Waals surface area contributed by atoms with Crippen molar-refractivity contribution in [3.05, 3.63) is 75.7 Å². The monoisotopic (exact) mass is 469 g/mol. The smallest absolute Gasteiger partial charge is 0.289 e. The number of hydrogen-bond acceptors (Lipinski definition) is 5. The van der Waals surface area contributed by atoms with Gasteiger partial charge in [0.2, 0.25) is 5.13 Å². The summed E-state index contributed by atoms with van der Waals surface area (Å²) in [5.41, 5.74) is 0.177. The molecule has 0 spiro atoms. The molecule has 2 aromatic heterocycles. The first-order chi connectivity index (χ1) is 15.8. The van der Waals surface area contributed by atoms with Crippen LogP contribution >= 0.6 is 11.3 Å². The number of aromatic nitrogens is 3. The van der Waals surface area contributed by atoms with Crippen LogP contribution in [0.5, 0.6) is 0 Å². The molecule has 6 nitrogen and oxygen atoms in total. The fourth-order valence-electron chi connectivity index (χ4n) is 3.92. The SMILES string of the molecule is CC(=NCC[C@@H]1C=Nc2ccccc21)c1c(C(F)(F)F)[nH]n(-c2nc3ccccc3s2)c1=O. The lowest BCUT2D eigenvalue weighted by Crippen LogP contribution is -2.21. The molecule has 1 aliphatic heterocycles. The van der Waals surface area contributed by atoms with E-state index in [9.17, 15) is 18.0 Å². The van der Waals surface area contributed by atoms with Crippen LogP contribution in [0.1, 0.15) is 36.1 Å². The molecule has 1 N–H and O–H groups in total. The van der Waals surface area contributed by atoms with Gasteiger partial charge in [-0.1, -0.05) is 41.7 Å². The second-order valence-electron chi connectivity index (χ2n) is 7.66. The van der Waals surface area contributed by atoms with Gasteiger partial charge >= 0.3 is 6.18 Å². The Morgan fingerprint density at radius 2 is 1.94 bits per heavy atom. The third-order valence-corrected chi connectivity index (χ3v) is 6.55. The molecule has 0 radical (unpaired) electrons. The highest BCUT2D eigenvalue weighted by Crippen LogP contribution is 2.34. The molecule has 1 atom stereocenters. The number of halogens is 3. The van der Waals surface area contributed by atoms with Crippen LogP contribution in [0.2, 0.25) is 0 Å². The summed E-state index contributed by atoms with van der Waals surface area (Å²) >= 11 is 1.14. The van der Waals surface area contributed by atoms with Gasteiger partial charge in [0.25, 0.3) is 5.56 Å². The molecule has 0 bridgehead atoms. The van der Waals surface area contributed by atoms with Gasteiger partial charge in [0, 0.05) is 24.4 Å². The van der Waals surface area contributed by atoms with E-state index in [0.29, 0.717) is 11.9 Å². The van der Waals surface area contributed by atoms with Crippen LogP contribution in [-0.4, -0.2) is 33.2 Å². The van der Waals surface area contributed by atoms with Crippen LogP contribution in [0.4, 0.5) is 18.9 Å². The fraction of sp³-hybridized carbons (Fsp3) is 0.217. The topological polar surface area (TPSA) is 75.4 Å².